The molecule has 0 spiro atoms. The minimum Gasteiger partial charge on any atom is -0.202 e. The van der Waals surface area contributed by atoms with Crippen molar-refractivity contribution >= 4 is 30.5 Å². The van der Waals surface area contributed by atoms with E-state index in [2.05, 4.69) is 0 Å². The van der Waals surface area contributed by atoms with Gasteiger partial charge in [0.2, 0.25) is 0 Å². The van der Waals surface area contributed by atoms with E-state index in [1.165, 1.54) is 0 Å². The van der Waals surface area contributed by atoms with Crippen molar-refractivity contribution in [1.29, 1.82) is 0 Å². The monoisotopic (exact) mass is 311 g/mol. The number of nitrogens with zero attached hydrogens (tertiary/aromatic N) is 1. The van der Waals surface area contributed by atoms with E-state index in [-0.39, 0.29) is 0 Å². The quantitative estimate of drug-likeness (QED) is 0.498. The molecule has 0 rings (SSSR count). The van der Waals surface area contributed by atoms with Gasteiger partial charge in [-0.05, 0) is 0 Å². The van der Waals surface area contributed by atoms with Crippen molar-refractivity contribution < 1.29 is 43.2 Å². The fourth-order valence-electron chi connectivity index (χ4n) is 0.421. The van der Waals surface area contributed by atoms with E-state index >= 15 is 0 Å². The third-order valence-corrected chi connectivity index (χ3v) is 7.85. The topological polar surface area (TPSA) is 71.5 Å². The maximum absolute atomic E-state index is 11.8. The Hall–Kier alpha value is -0.343. The second kappa shape index (κ2) is 3.85. The van der Waals surface area contributed by atoms with Crippen molar-refractivity contribution in [3.63, 3.8) is 0 Å². The third-order valence-electron chi connectivity index (χ3n) is 1.26. The van der Waals surface area contributed by atoms with Crippen molar-refractivity contribution in [3.05, 3.63) is 0 Å². The van der Waals surface area contributed by atoms with Gasteiger partial charge in [0.1, 0.15) is 10.4 Å². The van der Waals surface area contributed by atoms with E-state index in [0.29, 0.717) is 0 Å². The van der Waals surface area contributed by atoms with Crippen molar-refractivity contribution in [1.82, 2.24) is 3.38 Å². The SMILES string of the molecule is O=S(=O)(N([SiH3])S(=O)(=O)C(F)(F)F)C(F)(F)F. The lowest BCUT2D eigenvalue weighted by molar-refractivity contribution is -0.0506. The molecule has 0 aliphatic rings. The molecule has 0 aromatic heterocycles. The van der Waals surface area contributed by atoms with Crippen LogP contribution in [-0.4, -0.2) is 41.6 Å². The van der Waals surface area contributed by atoms with E-state index in [1.807, 2.05) is 0 Å². The number of halogens is 6. The van der Waals surface area contributed by atoms with Gasteiger partial charge in [-0.15, -0.1) is 3.38 Å². The zero-order valence-corrected chi connectivity index (χ0v) is 10.8. The van der Waals surface area contributed by atoms with Crippen molar-refractivity contribution in [2.75, 3.05) is 0 Å². The molecule has 0 aromatic carbocycles. The Morgan fingerprint density at radius 3 is 1.06 bits per heavy atom. The Morgan fingerprint density at radius 2 is 0.938 bits per heavy atom. The van der Waals surface area contributed by atoms with E-state index in [1.54, 1.807) is 0 Å². The standard InChI is InChI=1S/C2H3F6NO4S2Si/c3-1(4,5)14(10,11)9(16)15(12,13)2(6,7)8/h16H3. The normalized spacial score (nSPS) is 15.7. The summed E-state index contributed by atoms with van der Waals surface area (Å²) < 4.78 is 111. The number of hydrogen-bond acceptors (Lipinski definition) is 4. The van der Waals surface area contributed by atoms with Crippen molar-refractivity contribution in [3.8, 4) is 0 Å². The molecule has 98 valence electrons. The van der Waals surface area contributed by atoms with Crippen molar-refractivity contribution in [2.24, 2.45) is 0 Å². The predicted molar refractivity (Wildman–Crippen MR) is 41.7 cm³/mol. The lowest BCUT2D eigenvalue weighted by Crippen LogP contribution is -2.47. The molecular formula is C2H3F6NO4S2Si. The summed E-state index contributed by atoms with van der Waals surface area (Å²) in [5.74, 6) is 0. The molecule has 0 atom stereocenters. The zero-order valence-electron chi connectivity index (χ0n) is 7.16. The molecule has 0 fully saturated rings. The van der Waals surface area contributed by atoms with E-state index < -0.39 is 44.8 Å². The van der Waals surface area contributed by atoms with Crippen molar-refractivity contribution in [2.45, 2.75) is 11.0 Å². The molecule has 5 nitrogen and oxygen atoms in total. The first kappa shape index (κ1) is 15.7. The number of sulfonamides is 2. The molecule has 0 heterocycles. The fourth-order valence-corrected chi connectivity index (χ4v) is 3.79. The highest BCUT2D eigenvalue weighted by atomic mass is 32.3. The van der Waals surface area contributed by atoms with Crippen LogP contribution in [0.15, 0.2) is 0 Å². The van der Waals surface area contributed by atoms with Crippen LogP contribution in [-0.2, 0) is 20.0 Å². The van der Waals surface area contributed by atoms with Gasteiger partial charge in [-0.1, -0.05) is 0 Å². The van der Waals surface area contributed by atoms with Gasteiger partial charge in [0.05, 0.1) is 0 Å². The maximum atomic E-state index is 11.8. The van der Waals surface area contributed by atoms with Gasteiger partial charge in [-0.3, -0.25) is 0 Å². The third kappa shape index (κ3) is 2.49. The molecule has 14 heteroatoms. The minimum absolute atomic E-state index is 1.52. The summed E-state index contributed by atoms with van der Waals surface area (Å²) >= 11 is 0. The first-order chi connectivity index (χ1) is 6.65. The molecule has 0 unspecified atom stereocenters. The summed E-state index contributed by atoms with van der Waals surface area (Å²) in [6.07, 6.45) is 0. The summed E-state index contributed by atoms with van der Waals surface area (Å²) in [7, 11) is -14.6. The lowest BCUT2D eigenvalue weighted by Gasteiger charge is -2.20. The molecule has 16 heavy (non-hydrogen) atoms. The molecule has 0 aliphatic heterocycles. The largest absolute Gasteiger partial charge is 0.511 e. The Kier molecular flexibility index (Phi) is 3.76. The summed E-state index contributed by atoms with van der Waals surface area (Å²) in [6.45, 7) is 0. The van der Waals surface area contributed by atoms with Crippen LogP contribution in [0.3, 0.4) is 0 Å². The molecule has 0 saturated heterocycles. The van der Waals surface area contributed by atoms with E-state index in [0.717, 1.165) is 0 Å². The van der Waals surface area contributed by atoms with E-state index in [9.17, 15) is 43.2 Å². The minimum atomic E-state index is -6.53. The molecule has 0 N–H and O–H groups in total. The predicted octanol–water partition coefficient (Wildman–Crippen LogP) is -0.732. The highest BCUT2D eigenvalue weighted by Gasteiger charge is 2.59. The van der Waals surface area contributed by atoms with Gasteiger partial charge in [-0.25, -0.2) is 16.8 Å². The Balaban J connectivity index is 5.70. The molecule has 0 saturated carbocycles. The van der Waals surface area contributed by atoms with Crippen LogP contribution in [0.2, 0.25) is 0 Å². The van der Waals surface area contributed by atoms with Gasteiger partial charge in [-0.2, -0.15) is 26.3 Å². The van der Waals surface area contributed by atoms with Crippen LogP contribution in [0.25, 0.3) is 0 Å². The summed E-state index contributed by atoms with van der Waals surface area (Å²) in [6, 6.07) is 0. The van der Waals surface area contributed by atoms with Crippen LogP contribution in [0.4, 0.5) is 26.3 Å². The molecule has 0 bridgehead atoms. The number of alkyl halides is 6. The summed E-state index contributed by atoms with van der Waals surface area (Å²) in [4.78, 5) is 0. The van der Waals surface area contributed by atoms with Crippen LogP contribution in [0.1, 0.15) is 0 Å². The van der Waals surface area contributed by atoms with Crippen LogP contribution in [0.5, 0.6) is 0 Å². The van der Waals surface area contributed by atoms with Gasteiger partial charge in [0, 0.05) is 0 Å². The Morgan fingerprint density at radius 1 is 0.750 bits per heavy atom. The van der Waals surface area contributed by atoms with Gasteiger partial charge in [0.15, 0.2) is 0 Å². The summed E-state index contributed by atoms with van der Waals surface area (Å²) in [5.41, 5.74) is -12.2. The average molecular weight is 311 g/mol. The molecular weight excluding hydrogens is 308 g/mol. The van der Waals surface area contributed by atoms with Gasteiger partial charge >= 0.3 is 31.1 Å². The van der Waals surface area contributed by atoms with Gasteiger partial charge < -0.3 is 0 Å². The zero-order chi connectivity index (χ0) is 13.6. The first-order valence-electron chi connectivity index (χ1n) is 3.02. The maximum Gasteiger partial charge on any atom is 0.511 e. The smallest absolute Gasteiger partial charge is 0.202 e. The lowest BCUT2D eigenvalue weighted by atomic mass is 11.6. The Bertz CT molecular complexity index is 416. The first-order valence-corrected chi connectivity index (χ1v) is 6.80. The molecule has 0 aliphatic carbocycles. The van der Waals surface area contributed by atoms with Gasteiger partial charge in [0.25, 0.3) is 0 Å². The second-order valence-corrected chi connectivity index (χ2v) is 8.62. The Labute approximate surface area is 88.6 Å². The second-order valence-electron chi connectivity index (χ2n) is 2.28. The fraction of sp³-hybridized carbons (Fsp3) is 1.00. The highest BCUT2D eigenvalue weighted by Crippen LogP contribution is 2.33. The van der Waals surface area contributed by atoms with Crippen LogP contribution < -0.4 is 0 Å². The molecule has 0 aromatic rings. The molecule has 0 amide bonds. The average Bonchev–Trinajstić information content (AvgIpc) is 1.98. The van der Waals surface area contributed by atoms with Crippen LogP contribution in [0, 0.1) is 0 Å². The van der Waals surface area contributed by atoms with Crippen LogP contribution >= 0.6 is 0 Å². The highest BCUT2D eigenvalue weighted by molar-refractivity contribution is 8.06. The number of rotatable bonds is 2. The molecule has 0 radical (unpaired) electrons. The number of hydrogen-bond donors (Lipinski definition) is 0. The summed E-state index contributed by atoms with van der Waals surface area (Å²) in [5, 5.41) is 0. The van der Waals surface area contributed by atoms with E-state index in [4.69, 9.17) is 0 Å².